The molecule has 5 heteroatoms. The molecule has 2 aromatic rings. The van der Waals surface area contributed by atoms with Gasteiger partial charge in [0.15, 0.2) is 0 Å². The van der Waals surface area contributed by atoms with Crippen molar-refractivity contribution < 1.29 is 4.39 Å². The van der Waals surface area contributed by atoms with Crippen molar-refractivity contribution in [2.24, 2.45) is 0 Å². The van der Waals surface area contributed by atoms with Gasteiger partial charge in [-0.2, -0.15) is 0 Å². The molecule has 2 rings (SSSR count). The van der Waals surface area contributed by atoms with Crippen molar-refractivity contribution in [2.75, 3.05) is 24.3 Å². The van der Waals surface area contributed by atoms with Crippen molar-refractivity contribution in [3.8, 4) is 0 Å². The summed E-state index contributed by atoms with van der Waals surface area (Å²) in [7, 11) is 3.87. The lowest BCUT2D eigenvalue weighted by Crippen LogP contribution is -2.10. The molecule has 1 N–H and O–H groups in total. The number of benzene rings is 1. The van der Waals surface area contributed by atoms with E-state index < -0.39 is 0 Å². The molecule has 0 radical (unpaired) electrons. The molecule has 1 aromatic heterocycles. The molecule has 0 saturated heterocycles. The third kappa shape index (κ3) is 3.67. The lowest BCUT2D eigenvalue weighted by atomic mass is 10.2. The highest BCUT2D eigenvalue weighted by Gasteiger charge is 2.03. The predicted octanol–water partition coefficient (Wildman–Crippen LogP) is 3.66. The van der Waals surface area contributed by atoms with E-state index in [1.54, 1.807) is 18.3 Å². The Balaban J connectivity index is 2.04. The van der Waals surface area contributed by atoms with Crippen LogP contribution in [0, 0.1) is 5.82 Å². The number of halogens is 2. The van der Waals surface area contributed by atoms with Crippen LogP contribution in [0.25, 0.3) is 0 Å². The highest BCUT2D eigenvalue weighted by Crippen LogP contribution is 2.17. The molecule has 0 atom stereocenters. The van der Waals surface area contributed by atoms with Gasteiger partial charge in [-0.1, -0.05) is 15.9 Å². The van der Waals surface area contributed by atoms with Crippen LogP contribution in [-0.4, -0.2) is 19.1 Å². The van der Waals surface area contributed by atoms with E-state index in [0.717, 1.165) is 16.0 Å². The van der Waals surface area contributed by atoms with Crippen molar-refractivity contribution in [1.29, 1.82) is 0 Å². The number of nitrogens with zero attached hydrogens (tertiary/aromatic N) is 2. The third-order valence-electron chi connectivity index (χ3n) is 2.70. The van der Waals surface area contributed by atoms with Gasteiger partial charge in [0.05, 0.1) is 11.9 Å². The van der Waals surface area contributed by atoms with E-state index >= 15 is 0 Å². The fourth-order valence-corrected chi connectivity index (χ4v) is 2.04. The average molecular weight is 324 g/mol. The molecule has 3 nitrogen and oxygen atoms in total. The Morgan fingerprint density at radius 3 is 2.68 bits per heavy atom. The van der Waals surface area contributed by atoms with Gasteiger partial charge in [-0.15, -0.1) is 0 Å². The molecule has 0 fully saturated rings. The van der Waals surface area contributed by atoms with Crippen molar-refractivity contribution in [1.82, 2.24) is 4.98 Å². The van der Waals surface area contributed by atoms with Gasteiger partial charge in [-0.25, -0.2) is 9.37 Å². The summed E-state index contributed by atoms with van der Waals surface area (Å²) < 4.78 is 14.4. The molecule has 0 saturated carbocycles. The van der Waals surface area contributed by atoms with Gasteiger partial charge in [0.2, 0.25) is 0 Å². The van der Waals surface area contributed by atoms with Crippen molar-refractivity contribution >= 4 is 27.4 Å². The van der Waals surface area contributed by atoms with E-state index in [-0.39, 0.29) is 5.82 Å². The number of nitrogens with one attached hydrogen (secondary N) is 1. The summed E-state index contributed by atoms with van der Waals surface area (Å²) in [5.74, 6) is 0.674. The van der Waals surface area contributed by atoms with Crippen LogP contribution >= 0.6 is 15.9 Å². The molecule has 0 spiro atoms. The number of hydrogen-bond acceptors (Lipinski definition) is 3. The van der Waals surface area contributed by atoms with Gasteiger partial charge in [0.1, 0.15) is 11.6 Å². The summed E-state index contributed by atoms with van der Waals surface area (Å²) in [6.45, 7) is 0.425. The number of rotatable bonds is 4. The summed E-state index contributed by atoms with van der Waals surface area (Å²) in [5, 5.41) is 3.15. The molecule has 0 aliphatic carbocycles. The van der Waals surface area contributed by atoms with Gasteiger partial charge < -0.3 is 10.2 Å². The molecule has 0 aliphatic heterocycles. The Labute approximate surface area is 120 Å². The lowest BCUT2D eigenvalue weighted by molar-refractivity contribution is 0.612. The normalized spacial score (nSPS) is 10.3. The molecule has 0 unspecified atom stereocenters. The molecule has 0 amide bonds. The topological polar surface area (TPSA) is 28.2 Å². The molecule has 19 heavy (non-hydrogen) atoms. The number of hydrogen-bond donors (Lipinski definition) is 1. The van der Waals surface area contributed by atoms with Gasteiger partial charge >= 0.3 is 0 Å². The summed E-state index contributed by atoms with van der Waals surface area (Å²) in [6, 6.07) is 8.75. The molecule has 1 heterocycles. The van der Waals surface area contributed by atoms with E-state index in [4.69, 9.17) is 0 Å². The smallest absolute Gasteiger partial charge is 0.128 e. The maximum absolute atomic E-state index is 13.6. The first kappa shape index (κ1) is 13.8. The number of pyridine rings is 1. The Hall–Kier alpha value is -1.62. The minimum absolute atomic E-state index is 0.214. The molecule has 100 valence electrons. The molecular weight excluding hydrogens is 309 g/mol. The second-order valence-electron chi connectivity index (χ2n) is 4.39. The second kappa shape index (κ2) is 6.02. The first-order valence-electron chi connectivity index (χ1n) is 5.87. The SMILES string of the molecule is CN(C)c1ccc(NCc2cc(Br)ccc2F)cn1. The Morgan fingerprint density at radius 2 is 2.05 bits per heavy atom. The van der Waals surface area contributed by atoms with E-state index in [1.807, 2.05) is 31.1 Å². The second-order valence-corrected chi connectivity index (χ2v) is 5.30. The summed E-state index contributed by atoms with van der Waals surface area (Å²) in [5.41, 5.74) is 1.48. The quantitative estimate of drug-likeness (QED) is 0.930. The largest absolute Gasteiger partial charge is 0.380 e. The molecule has 1 aromatic carbocycles. The minimum Gasteiger partial charge on any atom is -0.380 e. The van der Waals surface area contributed by atoms with Crippen LogP contribution in [-0.2, 0) is 6.54 Å². The maximum Gasteiger partial charge on any atom is 0.128 e. The van der Waals surface area contributed by atoms with E-state index in [1.165, 1.54) is 6.07 Å². The summed E-state index contributed by atoms with van der Waals surface area (Å²) in [4.78, 5) is 6.22. The summed E-state index contributed by atoms with van der Waals surface area (Å²) in [6.07, 6.45) is 1.74. The van der Waals surface area contributed by atoms with Gasteiger partial charge in [0.25, 0.3) is 0 Å². The highest BCUT2D eigenvalue weighted by molar-refractivity contribution is 9.10. The van der Waals surface area contributed by atoms with Crippen LogP contribution in [0.4, 0.5) is 15.9 Å². The minimum atomic E-state index is -0.214. The Morgan fingerprint density at radius 1 is 1.26 bits per heavy atom. The average Bonchev–Trinajstić information content (AvgIpc) is 2.40. The van der Waals surface area contributed by atoms with Crippen LogP contribution in [0.3, 0.4) is 0 Å². The van der Waals surface area contributed by atoms with Crippen molar-refractivity contribution in [2.45, 2.75) is 6.54 Å². The van der Waals surface area contributed by atoms with E-state index in [9.17, 15) is 4.39 Å². The van der Waals surface area contributed by atoms with Gasteiger partial charge in [-0.05, 0) is 30.3 Å². The Kier molecular flexibility index (Phi) is 4.37. The van der Waals surface area contributed by atoms with Crippen LogP contribution in [0.15, 0.2) is 41.0 Å². The molecule has 0 bridgehead atoms. The number of anilines is 2. The van der Waals surface area contributed by atoms with E-state index in [2.05, 4.69) is 26.2 Å². The van der Waals surface area contributed by atoms with Gasteiger partial charge in [-0.3, -0.25) is 0 Å². The zero-order chi connectivity index (χ0) is 13.8. The zero-order valence-corrected chi connectivity index (χ0v) is 12.4. The first-order valence-corrected chi connectivity index (χ1v) is 6.67. The van der Waals surface area contributed by atoms with Gasteiger partial charge in [0, 0.05) is 30.7 Å². The van der Waals surface area contributed by atoms with Crippen LogP contribution < -0.4 is 10.2 Å². The molecular formula is C14H15BrFN3. The van der Waals surface area contributed by atoms with E-state index in [0.29, 0.717) is 12.1 Å². The monoisotopic (exact) mass is 323 g/mol. The standard InChI is InChI=1S/C14H15BrFN3/c1-19(2)14-6-4-12(9-18-14)17-8-10-7-11(15)3-5-13(10)16/h3-7,9,17H,8H2,1-2H3. The van der Waals surface area contributed by atoms with Crippen LogP contribution in [0.1, 0.15) is 5.56 Å². The maximum atomic E-state index is 13.6. The third-order valence-corrected chi connectivity index (χ3v) is 3.19. The van der Waals surface area contributed by atoms with Crippen molar-refractivity contribution in [3.05, 3.63) is 52.4 Å². The van der Waals surface area contributed by atoms with Crippen LogP contribution in [0.2, 0.25) is 0 Å². The lowest BCUT2D eigenvalue weighted by Gasteiger charge is -2.12. The molecule has 0 aliphatic rings. The zero-order valence-electron chi connectivity index (χ0n) is 10.8. The fraction of sp³-hybridized carbons (Fsp3) is 0.214. The summed E-state index contributed by atoms with van der Waals surface area (Å²) >= 11 is 3.34. The highest BCUT2D eigenvalue weighted by atomic mass is 79.9. The predicted molar refractivity (Wildman–Crippen MR) is 80.0 cm³/mol. The fourth-order valence-electron chi connectivity index (χ4n) is 1.63. The number of aromatic nitrogens is 1. The first-order chi connectivity index (χ1) is 9.06. The van der Waals surface area contributed by atoms with Crippen molar-refractivity contribution in [3.63, 3.8) is 0 Å². The Bertz CT molecular complexity index is 555. The van der Waals surface area contributed by atoms with Crippen LogP contribution in [0.5, 0.6) is 0 Å².